The second-order valence-electron chi connectivity index (χ2n) is 4.31. The van der Waals surface area contributed by atoms with Crippen molar-refractivity contribution >= 4 is 11.8 Å². The van der Waals surface area contributed by atoms with Crippen LogP contribution in [-0.4, -0.2) is 41.5 Å². The average Bonchev–Trinajstić information content (AvgIpc) is 2.59. The van der Waals surface area contributed by atoms with Crippen LogP contribution in [0.15, 0.2) is 4.52 Å². The number of carbonyl (C=O) groups excluding carboxylic acids is 2. The van der Waals surface area contributed by atoms with Crippen LogP contribution >= 0.6 is 0 Å². The molecule has 1 saturated heterocycles. The summed E-state index contributed by atoms with van der Waals surface area (Å²) in [4.78, 5) is 25.3. The van der Waals surface area contributed by atoms with Crippen molar-refractivity contribution in [3.63, 3.8) is 0 Å². The molecule has 0 aliphatic carbocycles. The molecule has 18 heavy (non-hydrogen) atoms. The van der Waals surface area contributed by atoms with Gasteiger partial charge in [-0.05, 0) is 13.3 Å². The summed E-state index contributed by atoms with van der Waals surface area (Å²) in [6.07, 6.45) is 1.00. The molecular formula is C12H17N3O3. The lowest BCUT2D eigenvalue weighted by molar-refractivity contribution is -0.120. The highest BCUT2D eigenvalue weighted by atomic mass is 16.5. The second kappa shape index (κ2) is 5.20. The van der Waals surface area contributed by atoms with E-state index in [9.17, 15) is 9.59 Å². The molecule has 1 aliphatic heterocycles. The van der Waals surface area contributed by atoms with Gasteiger partial charge in [-0.2, -0.15) is 0 Å². The first-order chi connectivity index (χ1) is 8.63. The Morgan fingerprint density at radius 1 is 1.50 bits per heavy atom. The van der Waals surface area contributed by atoms with Gasteiger partial charge in [0.05, 0.1) is 5.69 Å². The molecule has 0 spiro atoms. The van der Waals surface area contributed by atoms with Crippen molar-refractivity contribution in [3.8, 4) is 0 Å². The van der Waals surface area contributed by atoms with Gasteiger partial charge < -0.3 is 14.7 Å². The molecule has 1 fully saturated rings. The van der Waals surface area contributed by atoms with E-state index >= 15 is 0 Å². The topological polar surface area (TPSA) is 75.4 Å². The summed E-state index contributed by atoms with van der Waals surface area (Å²) >= 11 is 0. The van der Waals surface area contributed by atoms with Gasteiger partial charge in [0.15, 0.2) is 0 Å². The van der Waals surface area contributed by atoms with Crippen molar-refractivity contribution < 1.29 is 14.1 Å². The minimum atomic E-state index is -0.0953. The average molecular weight is 251 g/mol. The van der Waals surface area contributed by atoms with Crippen LogP contribution < -0.4 is 5.32 Å². The highest BCUT2D eigenvalue weighted by Gasteiger charge is 2.25. The van der Waals surface area contributed by atoms with Crippen LogP contribution in [0.5, 0.6) is 0 Å². The Morgan fingerprint density at radius 3 is 3.00 bits per heavy atom. The van der Waals surface area contributed by atoms with Crippen LogP contribution in [-0.2, 0) is 11.2 Å². The molecule has 6 nitrogen and oxygen atoms in total. The van der Waals surface area contributed by atoms with E-state index in [2.05, 4.69) is 10.5 Å². The number of aryl methyl sites for hydroxylation is 2. The fraction of sp³-hybridized carbons (Fsp3) is 0.583. The Labute approximate surface area is 105 Å². The van der Waals surface area contributed by atoms with Gasteiger partial charge in [-0.3, -0.25) is 9.59 Å². The largest absolute Gasteiger partial charge is 0.361 e. The van der Waals surface area contributed by atoms with E-state index in [4.69, 9.17) is 4.52 Å². The number of nitrogens with zero attached hydrogens (tertiary/aromatic N) is 2. The normalized spacial score (nSPS) is 16.3. The van der Waals surface area contributed by atoms with E-state index in [1.165, 1.54) is 0 Å². The molecule has 2 rings (SSSR count). The lowest BCUT2D eigenvalue weighted by Crippen LogP contribution is -2.34. The molecule has 1 aromatic rings. The van der Waals surface area contributed by atoms with Gasteiger partial charge in [0, 0.05) is 26.1 Å². The van der Waals surface area contributed by atoms with Crippen molar-refractivity contribution in [2.45, 2.75) is 26.7 Å². The first-order valence-electron chi connectivity index (χ1n) is 6.14. The summed E-state index contributed by atoms with van der Waals surface area (Å²) in [6.45, 7) is 5.13. The van der Waals surface area contributed by atoms with Gasteiger partial charge >= 0.3 is 0 Å². The van der Waals surface area contributed by atoms with Crippen LogP contribution in [0.1, 0.15) is 35.2 Å². The SMILES string of the molecule is CCc1noc(C)c1C(=O)N1CCNC(=O)CC1. The molecule has 2 amide bonds. The summed E-state index contributed by atoms with van der Waals surface area (Å²) in [5.74, 6) is 0.436. The van der Waals surface area contributed by atoms with Gasteiger partial charge in [0.25, 0.3) is 5.91 Å². The molecule has 2 heterocycles. The molecule has 0 bridgehead atoms. The lowest BCUT2D eigenvalue weighted by Gasteiger charge is -2.19. The highest BCUT2D eigenvalue weighted by molar-refractivity contribution is 5.96. The van der Waals surface area contributed by atoms with Crippen LogP contribution in [0.3, 0.4) is 0 Å². The quantitative estimate of drug-likeness (QED) is 0.831. The first kappa shape index (κ1) is 12.6. The number of hydrogen-bond acceptors (Lipinski definition) is 4. The number of hydrogen-bond donors (Lipinski definition) is 1. The number of carbonyl (C=O) groups is 2. The van der Waals surface area contributed by atoms with Gasteiger partial charge in [-0.25, -0.2) is 0 Å². The number of nitrogens with one attached hydrogen (secondary N) is 1. The molecule has 0 atom stereocenters. The molecule has 0 unspecified atom stereocenters. The first-order valence-corrected chi connectivity index (χ1v) is 6.14. The number of rotatable bonds is 2. The third-order valence-corrected chi connectivity index (χ3v) is 3.08. The van der Waals surface area contributed by atoms with Gasteiger partial charge in [-0.15, -0.1) is 0 Å². The van der Waals surface area contributed by atoms with E-state index in [1.54, 1.807) is 11.8 Å². The lowest BCUT2D eigenvalue weighted by atomic mass is 10.1. The maximum atomic E-state index is 12.4. The minimum absolute atomic E-state index is 0.0111. The fourth-order valence-electron chi connectivity index (χ4n) is 2.06. The van der Waals surface area contributed by atoms with Crippen molar-refractivity contribution in [2.75, 3.05) is 19.6 Å². The van der Waals surface area contributed by atoms with Crippen molar-refractivity contribution in [1.82, 2.24) is 15.4 Å². The van der Waals surface area contributed by atoms with Gasteiger partial charge in [0.1, 0.15) is 11.3 Å². The zero-order chi connectivity index (χ0) is 13.1. The molecule has 1 aromatic heterocycles. The van der Waals surface area contributed by atoms with Crippen molar-refractivity contribution in [1.29, 1.82) is 0 Å². The zero-order valence-electron chi connectivity index (χ0n) is 10.7. The Bertz CT molecular complexity index is 467. The Kier molecular flexibility index (Phi) is 3.64. The second-order valence-corrected chi connectivity index (χ2v) is 4.31. The molecule has 1 aliphatic rings. The summed E-state index contributed by atoms with van der Waals surface area (Å²) in [7, 11) is 0. The summed E-state index contributed by atoms with van der Waals surface area (Å²) in [5, 5.41) is 6.63. The maximum absolute atomic E-state index is 12.4. The molecule has 0 aromatic carbocycles. The maximum Gasteiger partial charge on any atom is 0.259 e. The third-order valence-electron chi connectivity index (χ3n) is 3.08. The Balaban J connectivity index is 2.19. The minimum Gasteiger partial charge on any atom is -0.361 e. The van der Waals surface area contributed by atoms with Gasteiger partial charge in [0.2, 0.25) is 5.91 Å². The van der Waals surface area contributed by atoms with Crippen molar-refractivity contribution in [3.05, 3.63) is 17.0 Å². The number of amides is 2. The monoisotopic (exact) mass is 251 g/mol. The molecule has 0 saturated carbocycles. The zero-order valence-corrected chi connectivity index (χ0v) is 10.7. The van der Waals surface area contributed by atoms with E-state index in [0.29, 0.717) is 49.5 Å². The van der Waals surface area contributed by atoms with Crippen LogP contribution in [0, 0.1) is 6.92 Å². The van der Waals surface area contributed by atoms with Crippen LogP contribution in [0.4, 0.5) is 0 Å². The molecule has 0 radical (unpaired) electrons. The van der Waals surface area contributed by atoms with E-state index in [1.807, 2.05) is 6.92 Å². The van der Waals surface area contributed by atoms with Crippen LogP contribution in [0.2, 0.25) is 0 Å². The molecular weight excluding hydrogens is 234 g/mol. The Hall–Kier alpha value is -1.85. The smallest absolute Gasteiger partial charge is 0.259 e. The van der Waals surface area contributed by atoms with Gasteiger partial charge in [-0.1, -0.05) is 12.1 Å². The fourth-order valence-corrected chi connectivity index (χ4v) is 2.06. The van der Waals surface area contributed by atoms with Crippen LogP contribution in [0.25, 0.3) is 0 Å². The van der Waals surface area contributed by atoms with E-state index in [0.717, 1.165) is 0 Å². The number of aromatic nitrogens is 1. The Morgan fingerprint density at radius 2 is 2.28 bits per heavy atom. The molecule has 98 valence electrons. The van der Waals surface area contributed by atoms with E-state index < -0.39 is 0 Å². The highest BCUT2D eigenvalue weighted by Crippen LogP contribution is 2.17. The molecule has 1 N–H and O–H groups in total. The predicted molar refractivity (Wildman–Crippen MR) is 64.1 cm³/mol. The standard InChI is InChI=1S/C12H17N3O3/c1-3-9-11(8(2)18-14-9)12(17)15-6-4-10(16)13-5-7-15/h3-7H2,1-2H3,(H,13,16). The summed E-state index contributed by atoms with van der Waals surface area (Å²) < 4.78 is 5.07. The molecule has 6 heteroatoms. The van der Waals surface area contributed by atoms with Crippen molar-refractivity contribution in [2.24, 2.45) is 0 Å². The van der Waals surface area contributed by atoms with E-state index in [-0.39, 0.29) is 11.8 Å². The summed E-state index contributed by atoms with van der Waals surface area (Å²) in [5.41, 5.74) is 1.23. The third kappa shape index (κ3) is 2.37. The predicted octanol–water partition coefficient (Wildman–Crippen LogP) is 0.508. The summed E-state index contributed by atoms with van der Waals surface area (Å²) in [6, 6.07) is 0.